The van der Waals surface area contributed by atoms with Crippen LogP contribution >= 0.6 is 0 Å². The molecule has 0 heterocycles. The number of carboxylic acids is 1. The molecule has 1 aromatic rings. The van der Waals surface area contributed by atoms with Crippen molar-refractivity contribution in [2.24, 2.45) is 5.92 Å². The predicted molar refractivity (Wildman–Crippen MR) is 113 cm³/mol. The van der Waals surface area contributed by atoms with Crippen LogP contribution < -0.4 is 9.47 Å². The Bertz CT molecular complexity index is 703. The Morgan fingerprint density at radius 2 is 1.93 bits per heavy atom. The summed E-state index contributed by atoms with van der Waals surface area (Å²) in [5.41, 5.74) is 3.18. The van der Waals surface area contributed by atoms with E-state index in [2.05, 4.69) is 39.8 Å². The van der Waals surface area contributed by atoms with E-state index in [1.807, 2.05) is 13.0 Å². The second kappa shape index (κ2) is 9.99. The third-order valence-electron chi connectivity index (χ3n) is 5.79. The van der Waals surface area contributed by atoms with Gasteiger partial charge in [-0.1, -0.05) is 31.4 Å². The van der Waals surface area contributed by atoms with Crippen LogP contribution in [0.5, 0.6) is 11.5 Å². The number of ether oxygens (including phenoxy) is 2. The number of aryl methyl sites for hydroxylation is 1. The highest BCUT2D eigenvalue weighted by Gasteiger charge is 2.33. The Labute approximate surface area is 169 Å². The molecule has 1 aliphatic carbocycles. The molecule has 4 nitrogen and oxygen atoms in total. The molecular formula is C24H36O4. The summed E-state index contributed by atoms with van der Waals surface area (Å²) in [5, 5.41) is 8.99. The van der Waals surface area contributed by atoms with Crippen LogP contribution in [0.25, 0.3) is 0 Å². The Hall–Kier alpha value is -1.97. The van der Waals surface area contributed by atoms with Gasteiger partial charge in [0.05, 0.1) is 0 Å². The minimum Gasteiger partial charge on any atom is -0.487 e. The SMILES string of the molecule is CCCCCc1cc(OCC(=O)O)c(C)c(OC(C)(C)[C@H]2CC=C(C)CC2)c1. The van der Waals surface area contributed by atoms with Gasteiger partial charge in [0.1, 0.15) is 17.1 Å². The van der Waals surface area contributed by atoms with E-state index in [9.17, 15) is 4.79 Å². The lowest BCUT2D eigenvalue weighted by Crippen LogP contribution is -2.38. The molecule has 1 aromatic carbocycles. The molecule has 0 aliphatic heterocycles. The van der Waals surface area contributed by atoms with Crippen LogP contribution in [0.3, 0.4) is 0 Å². The Morgan fingerprint density at radius 1 is 1.21 bits per heavy atom. The number of hydrogen-bond acceptors (Lipinski definition) is 3. The van der Waals surface area contributed by atoms with Crippen molar-refractivity contribution in [1.29, 1.82) is 0 Å². The van der Waals surface area contributed by atoms with E-state index >= 15 is 0 Å². The minimum atomic E-state index is -0.969. The molecule has 0 saturated heterocycles. The van der Waals surface area contributed by atoms with Crippen LogP contribution in [-0.4, -0.2) is 23.3 Å². The van der Waals surface area contributed by atoms with Gasteiger partial charge >= 0.3 is 5.97 Å². The van der Waals surface area contributed by atoms with Crippen molar-refractivity contribution in [2.45, 2.75) is 85.2 Å². The van der Waals surface area contributed by atoms with Gasteiger partial charge in [0, 0.05) is 11.5 Å². The molecule has 0 spiro atoms. The monoisotopic (exact) mass is 388 g/mol. The van der Waals surface area contributed by atoms with Gasteiger partial charge in [0.25, 0.3) is 0 Å². The van der Waals surface area contributed by atoms with Crippen LogP contribution in [0.4, 0.5) is 0 Å². The molecule has 0 unspecified atom stereocenters. The number of unbranched alkanes of at least 4 members (excludes halogenated alkanes) is 2. The van der Waals surface area contributed by atoms with E-state index in [0.717, 1.165) is 49.0 Å². The molecule has 156 valence electrons. The Balaban J connectivity index is 2.25. The maximum Gasteiger partial charge on any atom is 0.341 e. The zero-order valence-corrected chi connectivity index (χ0v) is 18.1. The second-order valence-electron chi connectivity index (χ2n) is 8.58. The van der Waals surface area contributed by atoms with Gasteiger partial charge in [-0.3, -0.25) is 0 Å². The van der Waals surface area contributed by atoms with Crippen molar-refractivity contribution in [2.75, 3.05) is 6.61 Å². The van der Waals surface area contributed by atoms with Crippen LogP contribution in [0.15, 0.2) is 23.8 Å². The largest absolute Gasteiger partial charge is 0.487 e. The fourth-order valence-electron chi connectivity index (χ4n) is 3.80. The van der Waals surface area contributed by atoms with E-state index < -0.39 is 5.97 Å². The summed E-state index contributed by atoms with van der Waals surface area (Å²) in [6, 6.07) is 4.09. The van der Waals surface area contributed by atoms with Gasteiger partial charge in [-0.25, -0.2) is 4.79 Å². The van der Waals surface area contributed by atoms with Crippen molar-refractivity contribution in [3.05, 3.63) is 34.9 Å². The first-order valence-corrected chi connectivity index (χ1v) is 10.6. The van der Waals surface area contributed by atoms with Gasteiger partial charge in [-0.2, -0.15) is 0 Å². The van der Waals surface area contributed by atoms with E-state index in [1.54, 1.807) is 0 Å². The summed E-state index contributed by atoms with van der Waals surface area (Å²) >= 11 is 0. The first-order chi connectivity index (χ1) is 13.2. The molecule has 4 heteroatoms. The summed E-state index contributed by atoms with van der Waals surface area (Å²) in [6.45, 7) is 10.3. The maximum atomic E-state index is 11.0. The fourth-order valence-corrected chi connectivity index (χ4v) is 3.80. The zero-order chi connectivity index (χ0) is 20.7. The summed E-state index contributed by atoms with van der Waals surface area (Å²) < 4.78 is 12.1. The van der Waals surface area contributed by atoms with Gasteiger partial charge in [0.15, 0.2) is 6.61 Å². The van der Waals surface area contributed by atoms with E-state index in [-0.39, 0.29) is 12.2 Å². The summed E-state index contributed by atoms with van der Waals surface area (Å²) in [4.78, 5) is 11.0. The lowest BCUT2D eigenvalue weighted by Gasteiger charge is -2.37. The van der Waals surface area contributed by atoms with Crippen molar-refractivity contribution < 1.29 is 19.4 Å². The van der Waals surface area contributed by atoms with Gasteiger partial charge in [-0.05, 0) is 77.5 Å². The van der Waals surface area contributed by atoms with E-state index in [0.29, 0.717) is 11.7 Å². The van der Waals surface area contributed by atoms with Gasteiger partial charge in [0.2, 0.25) is 0 Å². The number of carbonyl (C=O) groups is 1. The second-order valence-corrected chi connectivity index (χ2v) is 8.58. The normalized spacial score (nSPS) is 17.2. The highest BCUT2D eigenvalue weighted by atomic mass is 16.5. The first-order valence-electron chi connectivity index (χ1n) is 10.6. The van der Waals surface area contributed by atoms with Crippen LogP contribution in [0.1, 0.15) is 77.3 Å². The third-order valence-corrected chi connectivity index (χ3v) is 5.79. The molecule has 0 bridgehead atoms. The number of benzene rings is 1. The molecule has 1 aliphatic rings. The molecule has 0 saturated carbocycles. The number of hydrogen-bond donors (Lipinski definition) is 1. The molecule has 0 aromatic heterocycles. The highest BCUT2D eigenvalue weighted by molar-refractivity contribution is 5.68. The average molecular weight is 389 g/mol. The standard InChI is InChI=1S/C24H36O4/c1-6-7-8-9-19-14-21(27-16-23(25)26)18(3)22(15-19)28-24(4,5)20-12-10-17(2)11-13-20/h10,14-15,20H,6-9,11-13,16H2,1-5H3,(H,25,26)/t20-/m0/s1. The predicted octanol–water partition coefficient (Wildman–Crippen LogP) is 6.09. The lowest BCUT2D eigenvalue weighted by molar-refractivity contribution is -0.139. The van der Waals surface area contributed by atoms with Gasteiger partial charge < -0.3 is 14.6 Å². The molecular weight excluding hydrogens is 352 g/mol. The van der Waals surface area contributed by atoms with Crippen LogP contribution in [0.2, 0.25) is 0 Å². The van der Waals surface area contributed by atoms with Crippen molar-refractivity contribution in [3.63, 3.8) is 0 Å². The molecule has 2 rings (SSSR count). The summed E-state index contributed by atoms with van der Waals surface area (Å²) in [7, 11) is 0. The smallest absolute Gasteiger partial charge is 0.341 e. The zero-order valence-electron chi connectivity index (χ0n) is 18.1. The first kappa shape index (κ1) is 22.3. The molecule has 0 fully saturated rings. The maximum absolute atomic E-state index is 11.0. The van der Waals surface area contributed by atoms with E-state index in [4.69, 9.17) is 14.6 Å². The average Bonchev–Trinajstić information content (AvgIpc) is 2.63. The lowest BCUT2D eigenvalue weighted by atomic mass is 9.79. The number of allylic oxidation sites excluding steroid dienone is 2. The third kappa shape index (κ3) is 6.29. The molecule has 1 atom stereocenters. The van der Waals surface area contributed by atoms with Crippen molar-refractivity contribution in [3.8, 4) is 11.5 Å². The quantitative estimate of drug-likeness (QED) is 0.389. The molecule has 28 heavy (non-hydrogen) atoms. The summed E-state index contributed by atoms with van der Waals surface area (Å²) in [5.74, 6) is 0.915. The molecule has 0 radical (unpaired) electrons. The minimum absolute atomic E-state index is 0.298. The van der Waals surface area contributed by atoms with Crippen LogP contribution in [0, 0.1) is 12.8 Å². The molecule has 0 amide bonds. The number of carboxylic acid groups (broad SMARTS) is 1. The fraction of sp³-hybridized carbons (Fsp3) is 0.625. The Kier molecular flexibility index (Phi) is 7.97. The van der Waals surface area contributed by atoms with Crippen molar-refractivity contribution in [1.82, 2.24) is 0 Å². The van der Waals surface area contributed by atoms with E-state index in [1.165, 1.54) is 18.4 Å². The Morgan fingerprint density at radius 3 is 2.54 bits per heavy atom. The number of rotatable bonds is 10. The summed E-state index contributed by atoms with van der Waals surface area (Å²) in [6.07, 6.45) is 10.0. The van der Waals surface area contributed by atoms with Gasteiger partial charge in [-0.15, -0.1) is 0 Å². The topological polar surface area (TPSA) is 55.8 Å². The number of aliphatic carboxylic acids is 1. The molecule has 1 N–H and O–H groups in total. The van der Waals surface area contributed by atoms with Crippen LogP contribution in [-0.2, 0) is 11.2 Å². The highest BCUT2D eigenvalue weighted by Crippen LogP contribution is 2.38. The van der Waals surface area contributed by atoms with Crippen molar-refractivity contribution >= 4 is 5.97 Å².